The van der Waals surface area contributed by atoms with Gasteiger partial charge in [-0.3, -0.25) is 14.6 Å². The number of benzene rings is 1. The topological polar surface area (TPSA) is 78.7 Å². The molecule has 1 unspecified atom stereocenters. The number of fused-ring (bicyclic) bond motifs is 1. The van der Waals surface area contributed by atoms with Gasteiger partial charge in [0.1, 0.15) is 0 Å². The first-order valence-electron chi connectivity index (χ1n) is 11.6. The third-order valence-electron chi connectivity index (χ3n) is 7.16. The SMILES string of the molecule is CN(C)Cc1ccc(C(=O)N2CCC3(CC2)CC3CNC(=O)c2cc3ccncc3o2)cc1. The number of aromatic nitrogens is 1. The third kappa shape index (κ3) is 4.50. The number of rotatable bonds is 6. The molecule has 2 aromatic heterocycles. The number of furan rings is 1. The van der Waals surface area contributed by atoms with Crippen LogP contribution in [0.2, 0.25) is 0 Å². The van der Waals surface area contributed by atoms with Crippen molar-refractivity contribution in [3.63, 3.8) is 0 Å². The van der Waals surface area contributed by atoms with Gasteiger partial charge < -0.3 is 19.5 Å². The zero-order valence-corrected chi connectivity index (χ0v) is 19.2. The maximum atomic E-state index is 12.9. The van der Waals surface area contributed by atoms with Crippen LogP contribution in [-0.2, 0) is 6.54 Å². The molecule has 3 aromatic rings. The minimum atomic E-state index is -0.182. The molecular formula is C26H30N4O3. The van der Waals surface area contributed by atoms with Crippen LogP contribution in [0.4, 0.5) is 0 Å². The van der Waals surface area contributed by atoms with E-state index in [0.29, 0.717) is 23.8 Å². The molecular weight excluding hydrogens is 416 g/mol. The van der Waals surface area contributed by atoms with Crippen molar-refractivity contribution in [2.45, 2.75) is 25.8 Å². The Morgan fingerprint density at radius 1 is 1.18 bits per heavy atom. The maximum absolute atomic E-state index is 12.9. The molecule has 7 nitrogen and oxygen atoms in total. The van der Waals surface area contributed by atoms with Gasteiger partial charge in [0.2, 0.25) is 0 Å². The number of piperidine rings is 1. The zero-order chi connectivity index (χ0) is 23.0. The van der Waals surface area contributed by atoms with Crippen LogP contribution in [0.15, 0.2) is 53.2 Å². The summed E-state index contributed by atoms with van der Waals surface area (Å²) >= 11 is 0. The minimum absolute atomic E-state index is 0.117. The standard InChI is InChI=1S/C26H30N4O3/c1-29(2)17-18-3-5-19(6-4-18)25(32)30-11-8-26(9-12-30)14-21(26)15-28-24(31)22-13-20-7-10-27-16-23(20)33-22/h3-7,10,13,16,21H,8-9,11-12,14-15,17H2,1-2H3,(H,28,31). The van der Waals surface area contributed by atoms with Crippen molar-refractivity contribution >= 4 is 22.8 Å². The molecule has 1 spiro atoms. The molecule has 1 aliphatic heterocycles. The van der Waals surface area contributed by atoms with E-state index in [9.17, 15) is 9.59 Å². The van der Waals surface area contributed by atoms with Gasteiger partial charge >= 0.3 is 0 Å². The van der Waals surface area contributed by atoms with Crippen molar-refractivity contribution in [1.82, 2.24) is 20.1 Å². The first-order valence-corrected chi connectivity index (χ1v) is 11.6. The highest BCUT2D eigenvalue weighted by molar-refractivity contribution is 5.96. The van der Waals surface area contributed by atoms with Gasteiger partial charge in [-0.25, -0.2) is 0 Å². The molecule has 3 heterocycles. The zero-order valence-electron chi connectivity index (χ0n) is 19.2. The lowest BCUT2D eigenvalue weighted by atomic mass is 9.90. The fraction of sp³-hybridized carbons (Fsp3) is 0.423. The summed E-state index contributed by atoms with van der Waals surface area (Å²) in [5, 5.41) is 3.91. The summed E-state index contributed by atoms with van der Waals surface area (Å²) in [4.78, 5) is 33.6. The molecule has 1 saturated heterocycles. The molecule has 1 saturated carbocycles. The Morgan fingerprint density at radius 2 is 1.94 bits per heavy atom. The molecule has 7 heteroatoms. The van der Waals surface area contributed by atoms with Gasteiger partial charge in [-0.2, -0.15) is 0 Å². The van der Waals surface area contributed by atoms with Crippen molar-refractivity contribution in [2.24, 2.45) is 11.3 Å². The molecule has 1 N–H and O–H groups in total. The van der Waals surface area contributed by atoms with E-state index in [-0.39, 0.29) is 17.2 Å². The van der Waals surface area contributed by atoms with Crippen LogP contribution >= 0.6 is 0 Å². The first kappa shape index (κ1) is 21.6. The second-order valence-corrected chi connectivity index (χ2v) is 9.72. The Hall–Kier alpha value is -3.19. The number of nitrogens with one attached hydrogen (secondary N) is 1. The fourth-order valence-electron chi connectivity index (χ4n) is 5.09. The number of carbonyl (C=O) groups is 2. The van der Waals surface area contributed by atoms with Crippen molar-refractivity contribution in [1.29, 1.82) is 0 Å². The Morgan fingerprint density at radius 3 is 2.64 bits per heavy atom. The van der Waals surface area contributed by atoms with Crippen LogP contribution in [0.3, 0.4) is 0 Å². The number of hydrogen-bond acceptors (Lipinski definition) is 5. The number of nitrogens with zero attached hydrogens (tertiary/aromatic N) is 3. The van der Waals surface area contributed by atoms with Gasteiger partial charge in [0.05, 0.1) is 6.20 Å². The third-order valence-corrected chi connectivity index (χ3v) is 7.16. The summed E-state index contributed by atoms with van der Waals surface area (Å²) in [5.74, 6) is 0.726. The van der Waals surface area contributed by atoms with Crippen molar-refractivity contribution in [3.05, 3.63) is 65.7 Å². The highest BCUT2D eigenvalue weighted by Crippen LogP contribution is 2.59. The number of likely N-dealkylation sites (tertiary alicyclic amines) is 1. The Kier molecular flexibility index (Phi) is 5.66. The number of pyridine rings is 1. The lowest BCUT2D eigenvalue weighted by molar-refractivity contribution is 0.0668. The van der Waals surface area contributed by atoms with Crippen molar-refractivity contribution < 1.29 is 14.0 Å². The lowest BCUT2D eigenvalue weighted by Gasteiger charge is -2.33. The van der Waals surface area contributed by atoms with E-state index in [0.717, 1.165) is 49.8 Å². The quantitative estimate of drug-likeness (QED) is 0.626. The minimum Gasteiger partial charge on any atom is -0.449 e. The number of carbonyl (C=O) groups excluding carboxylic acids is 2. The Bertz CT molecular complexity index is 1130. The van der Waals surface area contributed by atoms with Crippen molar-refractivity contribution in [2.75, 3.05) is 33.7 Å². The van der Waals surface area contributed by atoms with Gasteiger partial charge in [0.15, 0.2) is 11.3 Å². The lowest BCUT2D eigenvalue weighted by Crippen LogP contribution is -2.40. The van der Waals surface area contributed by atoms with E-state index in [1.807, 2.05) is 49.3 Å². The van der Waals surface area contributed by atoms with Crippen LogP contribution in [0.1, 0.15) is 45.7 Å². The summed E-state index contributed by atoms with van der Waals surface area (Å²) in [6, 6.07) is 11.5. The molecule has 0 bridgehead atoms. The van der Waals surface area contributed by atoms with Crippen LogP contribution in [-0.4, -0.2) is 60.3 Å². The van der Waals surface area contributed by atoms with E-state index in [2.05, 4.69) is 15.2 Å². The molecule has 172 valence electrons. The van der Waals surface area contributed by atoms with E-state index in [4.69, 9.17) is 4.42 Å². The number of hydrogen-bond donors (Lipinski definition) is 1. The largest absolute Gasteiger partial charge is 0.449 e. The summed E-state index contributed by atoms with van der Waals surface area (Å²) in [5.41, 5.74) is 2.84. The van der Waals surface area contributed by atoms with Crippen LogP contribution < -0.4 is 5.32 Å². The molecule has 5 rings (SSSR count). The molecule has 2 amide bonds. The van der Waals surface area contributed by atoms with E-state index in [1.165, 1.54) is 5.56 Å². The van der Waals surface area contributed by atoms with Gasteiger partial charge in [-0.05, 0) is 74.5 Å². The average Bonchev–Trinajstić information content (AvgIpc) is 3.29. The van der Waals surface area contributed by atoms with Crippen LogP contribution in [0.25, 0.3) is 11.0 Å². The second kappa shape index (κ2) is 8.63. The predicted octanol–water partition coefficient (Wildman–Crippen LogP) is 3.56. The molecule has 1 aliphatic carbocycles. The van der Waals surface area contributed by atoms with Gasteiger partial charge in [-0.15, -0.1) is 0 Å². The van der Waals surface area contributed by atoms with E-state index < -0.39 is 0 Å². The summed E-state index contributed by atoms with van der Waals surface area (Å²) < 4.78 is 5.61. The molecule has 2 fully saturated rings. The van der Waals surface area contributed by atoms with Crippen LogP contribution in [0, 0.1) is 11.3 Å². The Balaban J connectivity index is 1.11. The molecule has 33 heavy (non-hydrogen) atoms. The summed E-state index contributed by atoms with van der Waals surface area (Å²) in [6.07, 6.45) is 6.40. The molecule has 0 radical (unpaired) electrons. The summed E-state index contributed by atoms with van der Waals surface area (Å²) in [6.45, 7) is 3.07. The van der Waals surface area contributed by atoms with E-state index in [1.54, 1.807) is 18.5 Å². The Labute approximate surface area is 193 Å². The van der Waals surface area contributed by atoms with Gasteiger partial charge in [-0.1, -0.05) is 12.1 Å². The number of amides is 2. The van der Waals surface area contributed by atoms with Crippen LogP contribution in [0.5, 0.6) is 0 Å². The second-order valence-electron chi connectivity index (χ2n) is 9.72. The predicted molar refractivity (Wildman–Crippen MR) is 126 cm³/mol. The average molecular weight is 447 g/mol. The first-order chi connectivity index (χ1) is 15.9. The highest BCUT2D eigenvalue weighted by Gasteiger charge is 2.54. The van der Waals surface area contributed by atoms with Gasteiger partial charge in [0.25, 0.3) is 11.8 Å². The molecule has 1 atom stereocenters. The van der Waals surface area contributed by atoms with E-state index >= 15 is 0 Å². The molecule has 2 aliphatic rings. The highest BCUT2D eigenvalue weighted by atomic mass is 16.3. The molecule has 1 aromatic carbocycles. The smallest absolute Gasteiger partial charge is 0.287 e. The normalized spacial score (nSPS) is 19.2. The van der Waals surface area contributed by atoms with Crippen molar-refractivity contribution in [3.8, 4) is 0 Å². The fourth-order valence-corrected chi connectivity index (χ4v) is 5.09. The van der Waals surface area contributed by atoms with Gasteiger partial charge in [0, 0.05) is 43.3 Å². The summed E-state index contributed by atoms with van der Waals surface area (Å²) in [7, 11) is 4.07. The monoisotopic (exact) mass is 446 g/mol. The maximum Gasteiger partial charge on any atom is 0.287 e.